The number of para-hydroxylation sites is 2. The van der Waals surface area contributed by atoms with Gasteiger partial charge in [-0.05, 0) is 101 Å². The van der Waals surface area contributed by atoms with Crippen LogP contribution in [0.15, 0.2) is 177 Å². The van der Waals surface area contributed by atoms with Crippen LogP contribution < -0.4 is 9.30 Å². The maximum absolute atomic E-state index is 6.75. The molecule has 61 heavy (non-hydrogen) atoms. The van der Waals surface area contributed by atoms with Gasteiger partial charge in [0.2, 0.25) is 0 Å². The summed E-state index contributed by atoms with van der Waals surface area (Å²) in [6, 6.07) is 53.7. The summed E-state index contributed by atoms with van der Waals surface area (Å²) in [6.45, 7) is 15.8. The molecule has 0 aliphatic heterocycles. The Kier molecular flexibility index (Phi) is 9.06. The van der Waals surface area contributed by atoms with E-state index in [0.717, 1.165) is 83.9 Å². The van der Waals surface area contributed by atoms with Crippen LogP contribution in [0.2, 0.25) is 0 Å². The number of rotatable bonds is 7. The standard InChI is InChI=1S/C55H50N5O/c1-37-29-51(56-35-48(37)38-17-10-8-11-18-38)60-50-34-45(25-26-47(50)52-53(60)46-23-14-15-24-49(46)59(52)41-19-12-9-13-20-41)61-44-22-16-21-42(33-44)57-27-28-58(36-57)43-31-39(54(2,3)4)30-40(32-43)55(5,6)7/h8-36H,1-7H3/q+1. The quantitative estimate of drug-likeness (QED) is 0.151. The summed E-state index contributed by atoms with van der Waals surface area (Å²) in [4.78, 5) is 5.17. The van der Waals surface area contributed by atoms with Crippen LogP contribution in [0.1, 0.15) is 58.2 Å². The molecule has 0 spiro atoms. The molecule has 0 amide bonds. The van der Waals surface area contributed by atoms with Crippen LogP contribution in [0.3, 0.4) is 0 Å². The van der Waals surface area contributed by atoms with Crippen LogP contribution in [0, 0.1) is 6.92 Å². The van der Waals surface area contributed by atoms with Gasteiger partial charge in [0.25, 0.3) is 6.33 Å². The first-order valence-electron chi connectivity index (χ1n) is 21.1. The highest BCUT2D eigenvalue weighted by atomic mass is 16.5. The molecule has 0 saturated heterocycles. The monoisotopic (exact) mass is 796 g/mol. The number of aromatic nitrogens is 5. The Hall–Kier alpha value is -7.18. The van der Waals surface area contributed by atoms with E-state index in [2.05, 4.69) is 225 Å². The largest absolute Gasteiger partial charge is 0.457 e. The maximum atomic E-state index is 6.75. The van der Waals surface area contributed by atoms with E-state index in [-0.39, 0.29) is 10.8 Å². The maximum Gasteiger partial charge on any atom is 0.254 e. The van der Waals surface area contributed by atoms with Gasteiger partial charge in [0.05, 0.1) is 22.1 Å². The van der Waals surface area contributed by atoms with E-state index in [1.54, 1.807) is 0 Å². The number of ether oxygens (including phenoxy) is 1. The van der Waals surface area contributed by atoms with E-state index in [1.165, 1.54) is 11.1 Å². The molecule has 4 heterocycles. The van der Waals surface area contributed by atoms with E-state index in [4.69, 9.17) is 9.72 Å². The first-order valence-corrected chi connectivity index (χ1v) is 21.1. The van der Waals surface area contributed by atoms with Gasteiger partial charge in [0, 0.05) is 40.4 Å². The average molecular weight is 797 g/mol. The molecule has 0 aliphatic rings. The molecule has 6 aromatic carbocycles. The molecule has 0 N–H and O–H groups in total. The number of hydrogen-bond acceptors (Lipinski definition) is 2. The molecule has 6 heteroatoms. The molecule has 0 aliphatic carbocycles. The number of benzene rings is 6. The predicted molar refractivity (Wildman–Crippen MR) is 250 cm³/mol. The zero-order valence-electron chi connectivity index (χ0n) is 35.9. The minimum absolute atomic E-state index is 0.0315. The van der Waals surface area contributed by atoms with Crippen molar-refractivity contribution in [1.29, 1.82) is 0 Å². The molecule has 6 nitrogen and oxygen atoms in total. The van der Waals surface area contributed by atoms with Crippen molar-refractivity contribution in [1.82, 2.24) is 18.7 Å². The fraction of sp³-hybridized carbons (Fsp3) is 0.164. The second-order valence-corrected chi connectivity index (χ2v) is 18.2. The molecule has 300 valence electrons. The lowest BCUT2D eigenvalue weighted by atomic mass is 9.80. The van der Waals surface area contributed by atoms with Crippen LogP contribution in [0.4, 0.5) is 0 Å². The summed E-state index contributed by atoms with van der Waals surface area (Å²) in [7, 11) is 0. The first-order chi connectivity index (χ1) is 29.4. The summed E-state index contributed by atoms with van der Waals surface area (Å²) in [5.41, 5.74) is 13.8. The average Bonchev–Trinajstić information content (AvgIpc) is 3.97. The number of hydrogen-bond donors (Lipinski definition) is 0. The number of nitrogens with zero attached hydrogens (tertiary/aromatic N) is 5. The van der Waals surface area contributed by atoms with Crippen molar-refractivity contribution in [2.75, 3.05) is 0 Å². The second kappa shape index (κ2) is 14.5. The predicted octanol–water partition coefficient (Wildman–Crippen LogP) is 13.6. The van der Waals surface area contributed by atoms with Crippen molar-refractivity contribution in [2.45, 2.75) is 59.3 Å². The van der Waals surface area contributed by atoms with Gasteiger partial charge >= 0.3 is 0 Å². The Balaban J connectivity index is 1.08. The van der Waals surface area contributed by atoms with Crippen LogP contribution in [0.25, 0.3) is 66.8 Å². The lowest BCUT2D eigenvalue weighted by molar-refractivity contribution is -0.594. The summed E-state index contributed by atoms with van der Waals surface area (Å²) in [5, 5.41) is 2.27. The Bertz CT molecular complexity index is 3210. The third-order valence-electron chi connectivity index (χ3n) is 11.9. The van der Waals surface area contributed by atoms with Crippen molar-refractivity contribution in [3.63, 3.8) is 0 Å². The highest BCUT2D eigenvalue weighted by Gasteiger charge is 2.25. The molecule has 10 aromatic rings. The minimum atomic E-state index is 0.0315. The zero-order chi connectivity index (χ0) is 42.0. The van der Waals surface area contributed by atoms with Crippen LogP contribution >= 0.6 is 0 Å². The number of imidazole rings is 1. The smallest absolute Gasteiger partial charge is 0.254 e. The first kappa shape index (κ1) is 38.0. The van der Waals surface area contributed by atoms with Gasteiger partial charge in [-0.3, -0.25) is 4.57 Å². The van der Waals surface area contributed by atoms with Gasteiger partial charge in [-0.15, -0.1) is 0 Å². The number of pyridine rings is 1. The molecule has 10 rings (SSSR count). The fourth-order valence-electron chi connectivity index (χ4n) is 8.57. The molecule has 0 fully saturated rings. The van der Waals surface area contributed by atoms with Crippen LogP contribution in [0.5, 0.6) is 11.5 Å². The summed E-state index contributed by atoms with van der Waals surface area (Å²) >= 11 is 0. The highest BCUT2D eigenvalue weighted by Crippen LogP contribution is 2.42. The molecule has 0 unspecified atom stereocenters. The normalized spacial score (nSPS) is 12.2. The minimum Gasteiger partial charge on any atom is -0.457 e. The Morgan fingerprint density at radius 2 is 1.20 bits per heavy atom. The van der Waals surface area contributed by atoms with Gasteiger partial charge in [0.15, 0.2) is 0 Å². The van der Waals surface area contributed by atoms with E-state index >= 15 is 0 Å². The van der Waals surface area contributed by atoms with E-state index in [0.29, 0.717) is 0 Å². The van der Waals surface area contributed by atoms with Crippen molar-refractivity contribution < 1.29 is 9.30 Å². The molecule has 0 saturated carbocycles. The van der Waals surface area contributed by atoms with Gasteiger partial charge in [-0.2, -0.15) is 0 Å². The van der Waals surface area contributed by atoms with Crippen molar-refractivity contribution in [3.8, 4) is 45.5 Å². The highest BCUT2D eigenvalue weighted by molar-refractivity contribution is 6.20. The molecule has 0 atom stereocenters. The van der Waals surface area contributed by atoms with Crippen molar-refractivity contribution >= 4 is 32.8 Å². The zero-order valence-corrected chi connectivity index (χ0v) is 35.9. The van der Waals surface area contributed by atoms with Gasteiger partial charge in [-0.1, -0.05) is 120 Å². The van der Waals surface area contributed by atoms with Crippen molar-refractivity contribution in [2.24, 2.45) is 0 Å². The van der Waals surface area contributed by atoms with Crippen LogP contribution in [-0.2, 0) is 10.8 Å². The van der Waals surface area contributed by atoms with Gasteiger partial charge in [-0.25, -0.2) is 14.1 Å². The van der Waals surface area contributed by atoms with E-state index in [1.807, 2.05) is 18.3 Å². The Labute approximate surface area is 357 Å². The molecular weight excluding hydrogens is 747 g/mol. The summed E-state index contributed by atoms with van der Waals surface area (Å²) in [6.07, 6.45) is 8.38. The molecule has 0 bridgehead atoms. The topological polar surface area (TPSA) is 40.8 Å². The fourth-order valence-corrected chi connectivity index (χ4v) is 8.57. The Morgan fingerprint density at radius 1 is 0.557 bits per heavy atom. The third-order valence-corrected chi connectivity index (χ3v) is 11.9. The third kappa shape index (κ3) is 6.88. The number of aryl methyl sites for hydroxylation is 1. The summed E-state index contributed by atoms with van der Waals surface area (Å²) < 4.78 is 15.8. The summed E-state index contributed by atoms with van der Waals surface area (Å²) in [5.74, 6) is 2.36. The SMILES string of the molecule is Cc1cc(-n2c3cc(Oc4cccc(-n5cc[n+](-c6cc(C(C)(C)C)cc(C(C)(C)C)c6)c5)c4)ccc3c3c2c2ccccc2n3-c2ccccc2)ncc1-c1ccccc1. The van der Waals surface area contributed by atoms with Crippen LogP contribution in [-0.4, -0.2) is 18.7 Å². The lowest BCUT2D eigenvalue weighted by Gasteiger charge is -2.25. The van der Waals surface area contributed by atoms with Gasteiger partial charge < -0.3 is 9.30 Å². The molecule has 4 aromatic heterocycles. The lowest BCUT2D eigenvalue weighted by Crippen LogP contribution is -2.29. The van der Waals surface area contributed by atoms with Gasteiger partial charge in [0.1, 0.15) is 41.1 Å². The van der Waals surface area contributed by atoms with E-state index in [9.17, 15) is 0 Å². The second-order valence-electron chi connectivity index (χ2n) is 18.2. The molecule has 0 radical (unpaired) electrons. The molecular formula is C55H50N5O+. The Morgan fingerprint density at radius 3 is 1.92 bits per heavy atom. The number of fused-ring (bicyclic) bond motifs is 5. The van der Waals surface area contributed by atoms with Crippen molar-refractivity contribution in [3.05, 3.63) is 193 Å². The van der Waals surface area contributed by atoms with E-state index < -0.39 is 0 Å².